The van der Waals surface area contributed by atoms with Gasteiger partial charge in [-0.05, 0) is 0 Å². The van der Waals surface area contributed by atoms with Crippen LogP contribution in [0.5, 0.6) is 0 Å². The number of alkyl halides is 9. The number of halogens is 9. The van der Waals surface area contributed by atoms with Gasteiger partial charge in [0, 0.05) is 0 Å². The van der Waals surface area contributed by atoms with Gasteiger partial charge in [0.2, 0.25) is 0 Å². The van der Waals surface area contributed by atoms with Crippen molar-refractivity contribution in [3.63, 3.8) is 0 Å². The third kappa shape index (κ3) is 4.55. The summed E-state index contributed by atoms with van der Waals surface area (Å²) in [5, 5.41) is -6.86. The van der Waals surface area contributed by atoms with Crippen LogP contribution in [0.3, 0.4) is 0 Å². The van der Waals surface area contributed by atoms with Gasteiger partial charge in [-0.1, -0.05) is 0 Å². The molecule has 182 valence electrons. The molecule has 14 heteroatoms. The van der Waals surface area contributed by atoms with Gasteiger partial charge in [-0.15, -0.1) is 0 Å². The standard InChI is InChI=1S/C17H22F9O3PS/c1-4-30(5-2,6-3,12-13-10-8-7-9-11-13)29-31(27,28)17(25,26)15(20,21)14(18,19)16(22,23)24/h7-11H,4-6,12H2,1-3H3. The molecule has 0 aromatic heterocycles. The Bertz CT molecular complexity index is 856. The summed E-state index contributed by atoms with van der Waals surface area (Å²) in [5.41, 5.74) is 0.400. The van der Waals surface area contributed by atoms with Crippen LogP contribution in [0.25, 0.3) is 0 Å². The van der Waals surface area contributed by atoms with Crippen LogP contribution in [-0.2, 0) is 20.3 Å². The molecule has 0 saturated heterocycles. The molecule has 1 aromatic rings. The van der Waals surface area contributed by atoms with E-state index in [-0.39, 0.29) is 24.6 Å². The minimum absolute atomic E-state index is 0.232. The van der Waals surface area contributed by atoms with Crippen LogP contribution < -0.4 is 0 Å². The van der Waals surface area contributed by atoms with Crippen molar-refractivity contribution in [2.75, 3.05) is 18.5 Å². The van der Waals surface area contributed by atoms with Gasteiger partial charge in [-0.25, -0.2) is 0 Å². The molecule has 0 amide bonds. The van der Waals surface area contributed by atoms with E-state index in [0.717, 1.165) is 0 Å². The Labute approximate surface area is 174 Å². The molecule has 0 aliphatic carbocycles. The van der Waals surface area contributed by atoms with Gasteiger partial charge in [0.15, 0.2) is 0 Å². The molecule has 0 spiro atoms. The Hall–Kier alpha value is -1.07. The molecular formula is C17H22F9O3PS. The van der Waals surface area contributed by atoms with E-state index < -0.39 is 40.2 Å². The Morgan fingerprint density at radius 3 is 1.55 bits per heavy atom. The van der Waals surface area contributed by atoms with Crippen LogP contribution in [-0.4, -0.2) is 50.2 Å². The summed E-state index contributed by atoms with van der Waals surface area (Å²) >= 11 is 0. The van der Waals surface area contributed by atoms with Crippen molar-refractivity contribution in [2.45, 2.75) is 50.2 Å². The first kappa shape index (κ1) is 28.0. The summed E-state index contributed by atoms with van der Waals surface area (Å²) in [5.74, 6) is -14.7. The van der Waals surface area contributed by atoms with Crippen molar-refractivity contribution in [3.05, 3.63) is 35.9 Å². The van der Waals surface area contributed by atoms with Crippen molar-refractivity contribution in [1.29, 1.82) is 0 Å². The molecule has 0 unspecified atom stereocenters. The topological polar surface area (TPSA) is 43.4 Å². The van der Waals surface area contributed by atoms with Crippen molar-refractivity contribution in [1.82, 2.24) is 0 Å². The van der Waals surface area contributed by atoms with Gasteiger partial charge in [-0.3, -0.25) is 0 Å². The van der Waals surface area contributed by atoms with E-state index in [9.17, 15) is 47.9 Å². The molecule has 0 N–H and O–H groups in total. The average molecular weight is 508 g/mol. The zero-order valence-electron chi connectivity index (χ0n) is 16.7. The quantitative estimate of drug-likeness (QED) is 0.268. The molecule has 0 heterocycles. The second-order valence-corrected chi connectivity index (χ2v) is 15.1. The molecule has 1 aromatic carbocycles. The third-order valence-electron chi connectivity index (χ3n) is 5.56. The van der Waals surface area contributed by atoms with Gasteiger partial charge >= 0.3 is 173 Å². The predicted molar refractivity (Wildman–Crippen MR) is 99.6 cm³/mol. The summed E-state index contributed by atoms with van der Waals surface area (Å²) < 4.78 is 149. The van der Waals surface area contributed by atoms with Crippen LogP contribution in [0.2, 0.25) is 0 Å². The van der Waals surface area contributed by atoms with Gasteiger partial charge in [0.25, 0.3) is 0 Å². The fourth-order valence-electron chi connectivity index (χ4n) is 3.08. The SMILES string of the molecule is CCP(CC)(CC)(Cc1ccccc1)OS(=O)(=O)C(F)(F)C(F)(F)C(F)(F)C(F)(F)F. The fourth-order valence-corrected chi connectivity index (χ4v) is 10.7. The van der Waals surface area contributed by atoms with Crippen LogP contribution in [0, 0.1) is 0 Å². The first-order valence-corrected chi connectivity index (χ1v) is 13.3. The average Bonchev–Trinajstić information content (AvgIpc) is 2.67. The summed E-state index contributed by atoms with van der Waals surface area (Å²) in [6, 6.07) is 7.63. The maximum atomic E-state index is 14.2. The van der Waals surface area contributed by atoms with E-state index in [2.05, 4.69) is 0 Å². The maximum absolute atomic E-state index is 14.2. The molecule has 31 heavy (non-hydrogen) atoms. The molecule has 0 aliphatic rings. The first-order chi connectivity index (χ1) is 13.8. The first-order valence-electron chi connectivity index (χ1n) is 8.99. The molecule has 0 saturated carbocycles. The van der Waals surface area contributed by atoms with Crippen molar-refractivity contribution in [3.8, 4) is 0 Å². The monoisotopic (exact) mass is 508 g/mol. The molecule has 0 atom stereocenters. The Morgan fingerprint density at radius 1 is 0.774 bits per heavy atom. The normalized spacial score (nSPS) is 16.1. The minimum atomic E-state index is -7.33. The van der Waals surface area contributed by atoms with Gasteiger partial charge < -0.3 is 0 Å². The Morgan fingerprint density at radius 2 is 1.19 bits per heavy atom. The zero-order chi connectivity index (χ0) is 24.6. The number of hydrogen-bond acceptors (Lipinski definition) is 3. The second kappa shape index (κ2) is 8.37. The summed E-state index contributed by atoms with van der Waals surface area (Å²) in [6.07, 6.45) is -8.12. The Kier molecular flexibility index (Phi) is 7.55. The van der Waals surface area contributed by atoms with Gasteiger partial charge in [-0.2, -0.15) is 0 Å². The third-order valence-corrected chi connectivity index (χ3v) is 14.9. The van der Waals surface area contributed by atoms with Crippen molar-refractivity contribution >= 4 is 16.9 Å². The van der Waals surface area contributed by atoms with Crippen LogP contribution in [0.4, 0.5) is 39.5 Å². The van der Waals surface area contributed by atoms with Gasteiger partial charge in [0.1, 0.15) is 0 Å². The van der Waals surface area contributed by atoms with E-state index in [1.807, 2.05) is 0 Å². The molecular weight excluding hydrogens is 486 g/mol. The van der Waals surface area contributed by atoms with Crippen LogP contribution in [0.1, 0.15) is 26.3 Å². The second-order valence-electron chi connectivity index (χ2n) is 7.14. The fraction of sp³-hybridized carbons (Fsp3) is 0.647. The zero-order valence-corrected chi connectivity index (χ0v) is 18.4. The van der Waals surface area contributed by atoms with Crippen LogP contribution >= 0.6 is 6.83 Å². The molecule has 1 rings (SSSR count). The predicted octanol–water partition coefficient (Wildman–Crippen LogP) is 6.49. The molecule has 0 fully saturated rings. The number of benzene rings is 1. The van der Waals surface area contributed by atoms with E-state index in [4.69, 9.17) is 3.97 Å². The summed E-state index contributed by atoms with van der Waals surface area (Å²) in [6.45, 7) is -0.311. The summed E-state index contributed by atoms with van der Waals surface area (Å²) in [4.78, 5) is 0. The molecule has 0 radical (unpaired) electrons. The van der Waals surface area contributed by atoms with Crippen LogP contribution in [0.15, 0.2) is 30.3 Å². The van der Waals surface area contributed by atoms with E-state index in [0.29, 0.717) is 5.56 Å². The number of rotatable bonds is 10. The van der Waals surface area contributed by atoms with E-state index in [1.54, 1.807) is 6.07 Å². The van der Waals surface area contributed by atoms with E-state index in [1.165, 1.54) is 45.0 Å². The Balaban J connectivity index is 3.62. The van der Waals surface area contributed by atoms with Crippen molar-refractivity contribution in [2.24, 2.45) is 0 Å². The van der Waals surface area contributed by atoms with E-state index >= 15 is 0 Å². The summed E-state index contributed by atoms with van der Waals surface area (Å²) in [7, 11) is -6.94. The molecule has 0 bridgehead atoms. The van der Waals surface area contributed by atoms with Crippen molar-refractivity contribution < 1.29 is 51.9 Å². The van der Waals surface area contributed by atoms with Gasteiger partial charge in [0.05, 0.1) is 0 Å². The number of hydrogen-bond donors (Lipinski definition) is 0. The molecule has 3 nitrogen and oxygen atoms in total. The molecule has 0 aliphatic heterocycles.